The fraction of sp³-hybridized carbons (Fsp3) is 0.818. The Morgan fingerprint density at radius 2 is 1.88 bits per heavy atom. The van der Waals surface area contributed by atoms with Crippen molar-refractivity contribution < 1.29 is 14.7 Å². The van der Waals surface area contributed by atoms with E-state index in [0.29, 0.717) is 12.5 Å². The maximum absolute atomic E-state index is 11.9. The summed E-state index contributed by atoms with van der Waals surface area (Å²) >= 11 is 0. The molecule has 16 heavy (non-hydrogen) atoms. The zero-order valence-corrected chi connectivity index (χ0v) is 10.7. The molecule has 0 aromatic rings. The Morgan fingerprint density at radius 1 is 1.38 bits per heavy atom. The molecule has 0 aromatic heterocycles. The van der Waals surface area contributed by atoms with E-state index in [1.807, 2.05) is 0 Å². The molecule has 0 aliphatic carbocycles. The van der Waals surface area contributed by atoms with E-state index in [2.05, 4.69) is 19.2 Å². The quantitative estimate of drug-likeness (QED) is 0.752. The predicted molar refractivity (Wildman–Crippen MR) is 62.3 cm³/mol. The van der Waals surface area contributed by atoms with Gasteiger partial charge in [0.25, 0.3) is 0 Å². The summed E-state index contributed by atoms with van der Waals surface area (Å²) < 4.78 is 0. The normalized spacial score (nSPS) is 11.4. The third-order valence-electron chi connectivity index (χ3n) is 2.34. The van der Waals surface area contributed by atoms with E-state index in [1.54, 1.807) is 25.8 Å². The van der Waals surface area contributed by atoms with E-state index in [0.717, 1.165) is 6.42 Å². The van der Waals surface area contributed by atoms with E-state index in [9.17, 15) is 9.59 Å². The Kier molecular flexibility index (Phi) is 5.27. The minimum absolute atomic E-state index is 0.212. The van der Waals surface area contributed by atoms with Crippen LogP contribution in [-0.4, -0.2) is 41.1 Å². The first-order valence-corrected chi connectivity index (χ1v) is 5.43. The van der Waals surface area contributed by atoms with Crippen LogP contribution in [0.1, 0.15) is 34.1 Å². The summed E-state index contributed by atoms with van der Waals surface area (Å²) in [6.07, 6.45) is -0.276. The Morgan fingerprint density at radius 3 is 2.25 bits per heavy atom. The molecule has 5 nitrogen and oxygen atoms in total. The van der Waals surface area contributed by atoms with Crippen molar-refractivity contribution in [1.82, 2.24) is 10.2 Å². The van der Waals surface area contributed by atoms with Gasteiger partial charge in [0, 0.05) is 13.6 Å². The summed E-state index contributed by atoms with van der Waals surface area (Å²) in [7, 11) is 1.69. The zero-order valence-electron chi connectivity index (χ0n) is 10.7. The molecular weight excluding hydrogens is 208 g/mol. The third kappa shape index (κ3) is 5.00. The average Bonchev–Trinajstić information content (AvgIpc) is 2.10. The summed E-state index contributed by atoms with van der Waals surface area (Å²) in [4.78, 5) is 24.0. The van der Waals surface area contributed by atoms with Crippen molar-refractivity contribution in [2.45, 2.75) is 39.7 Å². The largest absolute Gasteiger partial charge is 0.465 e. The van der Waals surface area contributed by atoms with Crippen molar-refractivity contribution in [2.75, 3.05) is 13.6 Å². The second kappa shape index (κ2) is 5.72. The van der Waals surface area contributed by atoms with E-state index < -0.39 is 11.6 Å². The Bertz CT molecular complexity index is 262. The van der Waals surface area contributed by atoms with Crippen LogP contribution in [0.25, 0.3) is 0 Å². The zero-order chi connectivity index (χ0) is 12.9. The highest BCUT2D eigenvalue weighted by Crippen LogP contribution is 2.09. The molecule has 0 bridgehead atoms. The number of hydrogen-bond acceptors (Lipinski definition) is 2. The van der Waals surface area contributed by atoms with Crippen molar-refractivity contribution in [2.24, 2.45) is 5.92 Å². The molecular formula is C11H22N2O3. The predicted octanol–water partition coefficient (Wildman–Crippen LogP) is 1.54. The van der Waals surface area contributed by atoms with Gasteiger partial charge in [0.2, 0.25) is 5.91 Å². The van der Waals surface area contributed by atoms with Crippen LogP contribution in [-0.2, 0) is 4.79 Å². The Balaban J connectivity index is 4.35. The Hall–Kier alpha value is -1.26. The molecule has 94 valence electrons. The molecule has 0 heterocycles. The summed E-state index contributed by atoms with van der Waals surface area (Å²) in [5.74, 6) is 0.307. The fourth-order valence-electron chi connectivity index (χ4n) is 1.35. The number of nitrogens with one attached hydrogen (secondary N) is 1. The van der Waals surface area contributed by atoms with Crippen LogP contribution in [0.2, 0.25) is 0 Å². The van der Waals surface area contributed by atoms with E-state index in [-0.39, 0.29) is 5.91 Å². The molecule has 0 radical (unpaired) electrons. The summed E-state index contributed by atoms with van der Waals surface area (Å²) in [6, 6.07) is 0. The second-order valence-corrected chi connectivity index (χ2v) is 4.96. The second-order valence-electron chi connectivity index (χ2n) is 4.96. The van der Waals surface area contributed by atoms with Crippen molar-refractivity contribution in [3.8, 4) is 0 Å². The molecule has 0 saturated heterocycles. The van der Waals surface area contributed by atoms with Gasteiger partial charge in [-0.25, -0.2) is 4.79 Å². The van der Waals surface area contributed by atoms with Crippen LogP contribution in [0, 0.1) is 5.92 Å². The van der Waals surface area contributed by atoms with Crippen molar-refractivity contribution >= 4 is 12.0 Å². The molecule has 5 heteroatoms. The molecule has 0 aliphatic rings. The van der Waals surface area contributed by atoms with E-state index in [4.69, 9.17) is 5.11 Å². The SMILES string of the molecule is CC(C)CCN(C)C(=O)C(C)(C)NC(=O)O. The van der Waals surface area contributed by atoms with E-state index in [1.165, 1.54) is 0 Å². The van der Waals surface area contributed by atoms with Gasteiger partial charge in [-0.3, -0.25) is 4.79 Å². The van der Waals surface area contributed by atoms with Crippen molar-refractivity contribution in [3.63, 3.8) is 0 Å². The maximum Gasteiger partial charge on any atom is 0.405 e. The van der Waals surface area contributed by atoms with Gasteiger partial charge >= 0.3 is 6.09 Å². The first kappa shape index (κ1) is 14.7. The van der Waals surface area contributed by atoms with Gasteiger partial charge in [0.05, 0.1) is 0 Å². The van der Waals surface area contributed by atoms with Gasteiger partial charge in [-0.05, 0) is 26.2 Å². The monoisotopic (exact) mass is 230 g/mol. The number of nitrogens with zero attached hydrogens (tertiary/aromatic N) is 1. The molecule has 2 N–H and O–H groups in total. The number of rotatable bonds is 5. The third-order valence-corrected chi connectivity index (χ3v) is 2.34. The molecule has 0 saturated carbocycles. The topological polar surface area (TPSA) is 69.6 Å². The van der Waals surface area contributed by atoms with Gasteiger partial charge in [-0.15, -0.1) is 0 Å². The summed E-state index contributed by atoms with van der Waals surface area (Å²) in [5.41, 5.74) is -1.07. The van der Waals surface area contributed by atoms with Crippen LogP contribution in [0.4, 0.5) is 4.79 Å². The standard InChI is InChI=1S/C11H22N2O3/c1-8(2)6-7-13(5)9(14)11(3,4)12-10(15)16/h8,12H,6-7H2,1-5H3,(H,15,16). The fourth-order valence-corrected chi connectivity index (χ4v) is 1.35. The molecule has 0 unspecified atom stereocenters. The lowest BCUT2D eigenvalue weighted by Gasteiger charge is -2.29. The average molecular weight is 230 g/mol. The highest BCUT2D eigenvalue weighted by Gasteiger charge is 2.31. The lowest BCUT2D eigenvalue weighted by molar-refractivity contribution is -0.135. The number of carbonyl (C=O) groups is 2. The molecule has 0 fully saturated rings. The van der Waals surface area contributed by atoms with Crippen LogP contribution >= 0.6 is 0 Å². The first-order chi connectivity index (χ1) is 7.16. The van der Waals surface area contributed by atoms with Crippen molar-refractivity contribution in [3.05, 3.63) is 0 Å². The van der Waals surface area contributed by atoms with Crippen LogP contribution in [0.3, 0.4) is 0 Å². The van der Waals surface area contributed by atoms with Gasteiger partial charge in [0.15, 0.2) is 0 Å². The number of carbonyl (C=O) groups excluding carboxylic acids is 1. The highest BCUT2D eigenvalue weighted by atomic mass is 16.4. The molecule has 0 rings (SSSR count). The summed E-state index contributed by atoms with van der Waals surface area (Å²) in [5, 5.41) is 10.8. The Labute approximate surface area is 96.8 Å². The molecule has 0 aromatic carbocycles. The molecule has 2 amide bonds. The first-order valence-electron chi connectivity index (χ1n) is 5.43. The van der Waals surface area contributed by atoms with Gasteiger partial charge in [0.1, 0.15) is 5.54 Å². The van der Waals surface area contributed by atoms with Crippen molar-refractivity contribution in [1.29, 1.82) is 0 Å². The van der Waals surface area contributed by atoms with Gasteiger partial charge in [-0.2, -0.15) is 0 Å². The number of carboxylic acid groups (broad SMARTS) is 1. The van der Waals surface area contributed by atoms with Crippen LogP contribution < -0.4 is 5.32 Å². The lowest BCUT2D eigenvalue weighted by Crippen LogP contribution is -2.54. The van der Waals surface area contributed by atoms with Crippen LogP contribution in [0.5, 0.6) is 0 Å². The smallest absolute Gasteiger partial charge is 0.405 e. The highest BCUT2D eigenvalue weighted by molar-refractivity contribution is 5.88. The van der Waals surface area contributed by atoms with E-state index >= 15 is 0 Å². The van der Waals surface area contributed by atoms with Gasteiger partial charge in [-0.1, -0.05) is 13.8 Å². The number of likely N-dealkylation sites (N-methyl/N-ethyl adjacent to an activating group) is 1. The maximum atomic E-state index is 11.9. The minimum atomic E-state index is -1.18. The lowest BCUT2D eigenvalue weighted by atomic mass is 10.0. The molecule has 0 atom stereocenters. The van der Waals surface area contributed by atoms with Crippen LogP contribution in [0.15, 0.2) is 0 Å². The summed E-state index contributed by atoms with van der Waals surface area (Å²) in [6.45, 7) is 7.93. The minimum Gasteiger partial charge on any atom is -0.465 e. The molecule has 0 aliphatic heterocycles. The number of hydrogen-bond donors (Lipinski definition) is 2. The number of amides is 2. The molecule has 0 spiro atoms. The van der Waals surface area contributed by atoms with Gasteiger partial charge < -0.3 is 15.3 Å².